The fourth-order valence-corrected chi connectivity index (χ4v) is 8.21. The molecule has 0 radical (unpaired) electrons. The molecule has 10 atom stereocenters. The predicted octanol–water partition coefficient (Wildman–Crippen LogP) is 6.23. The van der Waals surface area contributed by atoms with Gasteiger partial charge in [0.25, 0.3) is 0 Å². The number of fused-ring (bicyclic) bond motifs is 1. The topological polar surface area (TPSA) is 66.4 Å². The van der Waals surface area contributed by atoms with Crippen molar-refractivity contribution in [1.82, 2.24) is 0 Å². The summed E-state index contributed by atoms with van der Waals surface area (Å²) in [7, 11) is 0. The second-order valence-corrected chi connectivity index (χ2v) is 15.8. The van der Waals surface area contributed by atoms with Gasteiger partial charge < -0.3 is 28.8 Å². The van der Waals surface area contributed by atoms with E-state index in [0.717, 1.165) is 64.2 Å². The van der Waals surface area contributed by atoms with Crippen molar-refractivity contribution in [2.75, 3.05) is 0 Å². The molecule has 0 unspecified atom stereocenters. The van der Waals surface area contributed by atoms with Crippen LogP contribution in [0.25, 0.3) is 0 Å². The summed E-state index contributed by atoms with van der Waals surface area (Å²) in [5.74, 6) is 0. The van der Waals surface area contributed by atoms with Gasteiger partial charge in [0.2, 0.25) is 0 Å². The van der Waals surface area contributed by atoms with E-state index < -0.39 is 5.60 Å². The molecule has 37 heavy (non-hydrogen) atoms. The van der Waals surface area contributed by atoms with E-state index in [1.54, 1.807) is 0 Å². The van der Waals surface area contributed by atoms with Crippen molar-refractivity contribution in [3.05, 3.63) is 0 Å². The highest BCUT2D eigenvalue weighted by Crippen LogP contribution is 2.52. The van der Waals surface area contributed by atoms with E-state index in [4.69, 9.17) is 23.7 Å². The van der Waals surface area contributed by atoms with Crippen LogP contribution in [0.5, 0.6) is 0 Å². The first-order chi connectivity index (χ1) is 17.0. The van der Waals surface area contributed by atoms with Crippen molar-refractivity contribution in [3.8, 4) is 0 Å². The number of alkyl halides is 1. The fourth-order valence-electron chi connectivity index (χ4n) is 7.89. The maximum atomic E-state index is 10.5. The average Bonchev–Trinajstić information content (AvgIpc) is 3.40. The van der Waals surface area contributed by atoms with E-state index in [-0.39, 0.29) is 58.5 Å². The zero-order valence-electron chi connectivity index (χ0n) is 24.4. The normalized spacial score (nSPS) is 52.7. The van der Waals surface area contributed by atoms with Crippen LogP contribution in [0.15, 0.2) is 0 Å². The summed E-state index contributed by atoms with van der Waals surface area (Å²) < 4.78 is 33.7. The van der Waals surface area contributed by atoms with Crippen LogP contribution in [0.4, 0.5) is 0 Å². The standard InChI is InChI=1S/C30H51BrO6/c1-25(2,32)20-12-16-29(7,34-20)24-14-18-28(6,36-24)23-10-9-21-27(5,35-23)17-13-22(33-21)30(8)15-11-19(31)26(3,4)37-30/h19-24,32H,9-18H2,1-8H3/t19-,20-,21-,22-,23-,24+,27+,28-,29-,30+/m1/s1. The molecule has 5 aliphatic rings. The molecule has 0 spiro atoms. The van der Waals surface area contributed by atoms with E-state index in [1.165, 1.54) is 0 Å². The summed E-state index contributed by atoms with van der Waals surface area (Å²) in [4.78, 5) is 0.370. The Balaban J connectivity index is 1.21. The molecule has 0 aromatic heterocycles. The molecule has 6 nitrogen and oxygen atoms in total. The van der Waals surface area contributed by atoms with Crippen LogP contribution in [0.2, 0.25) is 0 Å². The molecule has 0 aromatic carbocycles. The van der Waals surface area contributed by atoms with Gasteiger partial charge in [-0.15, -0.1) is 0 Å². The summed E-state index contributed by atoms with van der Waals surface area (Å²) in [6.45, 7) is 16.9. The molecule has 0 aliphatic carbocycles. The smallest absolute Gasteiger partial charge is 0.0923 e. The zero-order valence-corrected chi connectivity index (χ0v) is 26.0. The molecule has 5 rings (SSSR count). The van der Waals surface area contributed by atoms with Gasteiger partial charge in [0, 0.05) is 4.83 Å². The number of hydrogen-bond acceptors (Lipinski definition) is 6. The van der Waals surface area contributed by atoms with E-state index in [2.05, 4.69) is 57.5 Å². The summed E-state index contributed by atoms with van der Waals surface area (Å²) in [5, 5.41) is 10.5. The minimum absolute atomic E-state index is 0.0241. The predicted molar refractivity (Wildman–Crippen MR) is 147 cm³/mol. The van der Waals surface area contributed by atoms with Crippen LogP contribution in [-0.2, 0) is 23.7 Å². The van der Waals surface area contributed by atoms with Gasteiger partial charge in [0.05, 0.1) is 64.1 Å². The molecule has 0 bridgehead atoms. The van der Waals surface area contributed by atoms with Crippen LogP contribution in [0.1, 0.15) is 120 Å². The molecule has 214 valence electrons. The monoisotopic (exact) mass is 586 g/mol. The first kappa shape index (κ1) is 28.8. The highest BCUT2D eigenvalue weighted by Gasteiger charge is 2.58. The third kappa shape index (κ3) is 5.22. The fraction of sp³-hybridized carbons (Fsp3) is 1.00. The third-order valence-corrected chi connectivity index (χ3v) is 12.2. The van der Waals surface area contributed by atoms with Gasteiger partial charge >= 0.3 is 0 Å². The molecule has 7 heteroatoms. The van der Waals surface area contributed by atoms with Crippen LogP contribution in [-0.4, -0.2) is 74.1 Å². The second-order valence-electron chi connectivity index (χ2n) is 14.7. The van der Waals surface area contributed by atoms with Gasteiger partial charge in [0.1, 0.15) is 0 Å². The van der Waals surface area contributed by atoms with Gasteiger partial charge in [-0.05, 0) is 120 Å². The second kappa shape index (κ2) is 9.39. The Bertz CT molecular complexity index is 859. The van der Waals surface area contributed by atoms with Gasteiger partial charge in [-0.3, -0.25) is 0 Å². The van der Waals surface area contributed by atoms with E-state index in [0.29, 0.717) is 4.83 Å². The van der Waals surface area contributed by atoms with Crippen molar-refractivity contribution in [3.63, 3.8) is 0 Å². The zero-order chi connectivity index (χ0) is 27.1. The molecule has 0 amide bonds. The van der Waals surface area contributed by atoms with Crippen molar-refractivity contribution >= 4 is 15.9 Å². The maximum absolute atomic E-state index is 10.5. The Labute approximate surface area is 233 Å². The Hall–Kier alpha value is 0.240. The van der Waals surface area contributed by atoms with Gasteiger partial charge in [0.15, 0.2) is 0 Å². The molecule has 5 aliphatic heterocycles. The maximum Gasteiger partial charge on any atom is 0.0923 e. The average molecular weight is 588 g/mol. The number of rotatable bonds is 4. The summed E-state index contributed by atoms with van der Waals surface area (Å²) in [5.41, 5.74) is -2.30. The lowest BCUT2D eigenvalue weighted by Crippen LogP contribution is -2.63. The van der Waals surface area contributed by atoms with Crippen LogP contribution >= 0.6 is 15.9 Å². The summed E-state index contributed by atoms with van der Waals surface area (Å²) in [6.07, 6.45) is 9.75. The summed E-state index contributed by atoms with van der Waals surface area (Å²) in [6, 6.07) is 0. The third-order valence-electron chi connectivity index (χ3n) is 10.6. The first-order valence-electron chi connectivity index (χ1n) is 14.7. The molecule has 0 aromatic rings. The lowest BCUT2D eigenvalue weighted by molar-refractivity contribution is -0.305. The van der Waals surface area contributed by atoms with E-state index >= 15 is 0 Å². The van der Waals surface area contributed by atoms with Crippen LogP contribution in [0.3, 0.4) is 0 Å². The van der Waals surface area contributed by atoms with Crippen molar-refractivity contribution in [2.24, 2.45) is 0 Å². The summed E-state index contributed by atoms with van der Waals surface area (Å²) >= 11 is 3.82. The molecule has 5 fully saturated rings. The van der Waals surface area contributed by atoms with E-state index in [9.17, 15) is 5.11 Å². The molecule has 5 heterocycles. The highest BCUT2D eigenvalue weighted by molar-refractivity contribution is 9.09. The quantitative estimate of drug-likeness (QED) is 0.394. The van der Waals surface area contributed by atoms with Crippen LogP contribution in [0, 0.1) is 0 Å². The number of ether oxygens (including phenoxy) is 5. The molecule has 1 N–H and O–H groups in total. The number of halogens is 1. The lowest BCUT2D eigenvalue weighted by atomic mass is 9.75. The highest BCUT2D eigenvalue weighted by atomic mass is 79.9. The first-order valence-corrected chi connectivity index (χ1v) is 15.7. The van der Waals surface area contributed by atoms with Gasteiger partial charge in [-0.1, -0.05) is 15.9 Å². The minimum Gasteiger partial charge on any atom is -0.388 e. The Morgan fingerprint density at radius 1 is 0.622 bits per heavy atom. The SMILES string of the molecule is CC(C)(O)[C@H]1CC[C@](C)([C@@H]2CC[C@](C)([C@H]3CC[C@H]4O[C@@H]([C@]5(C)CC[C@@H](Br)C(C)(C)O5)CC[C@]4(C)O3)O2)O1. The lowest BCUT2D eigenvalue weighted by Gasteiger charge is -2.56. The minimum atomic E-state index is -0.833. The number of hydrogen-bond donors (Lipinski definition) is 1. The Morgan fingerprint density at radius 2 is 1.08 bits per heavy atom. The number of aliphatic hydroxyl groups is 1. The van der Waals surface area contributed by atoms with Crippen molar-refractivity contribution < 1.29 is 28.8 Å². The van der Waals surface area contributed by atoms with E-state index in [1.807, 2.05) is 13.8 Å². The molecular formula is C30H51BrO6. The largest absolute Gasteiger partial charge is 0.388 e. The van der Waals surface area contributed by atoms with Crippen molar-refractivity contribution in [2.45, 2.75) is 189 Å². The van der Waals surface area contributed by atoms with Crippen molar-refractivity contribution in [1.29, 1.82) is 0 Å². The molecule has 5 saturated heterocycles. The van der Waals surface area contributed by atoms with Gasteiger partial charge in [-0.2, -0.15) is 0 Å². The Kier molecular flexibility index (Phi) is 7.30. The Morgan fingerprint density at radius 3 is 1.68 bits per heavy atom. The molecule has 0 saturated carbocycles. The van der Waals surface area contributed by atoms with Gasteiger partial charge in [-0.25, -0.2) is 0 Å². The molecular weight excluding hydrogens is 536 g/mol. The van der Waals surface area contributed by atoms with Crippen LogP contribution < -0.4 is 0 Å².